The molecule has 1 heterocycles. The monoisotopic (exact) mass is 270 g/mol. The SMILES string of the molecule is COC(=O)c1ccc(C2CCS(O)(O)CC2)cc1. The molecule has 1 fully saturated rings. The Hall–Kier alpha value is -1.04. The van der Waals surface area contributed by atoms with Crippen LogP contribution in [0, 0.1) is 0 Å². The standard InChI is InChI=1S/C13H18O4S/c1-17-13(14)12-4-2-10(3-5-12)11-6-8-18(15,16)9-7-11/h2-5,11,15-16H,6-9H2,1H3. The van der Waals surface area contributed by atoms with Gasteiger partial charge in [0.1, 0.15) is 0 Å². The third kappa shape index (κ3) is 3.04. The molecule has 0 bridgehead atoms. The quantitative estimate of drug-likeness (QED) is 0.810. The first-order chi connectivity index (χ1) is 8.52. The molecule has 100 valence electrons. The Balaban J connectivity index is 2.04. The second-order valence-corrected chi connectivity index (χ2v) is 7.02. The largest absolute Gasteiger partial charge is 0.465 e. The fourth-order valence-corrected chi connectivity index (χ4v) is 3.78. The molecule has 18 heavy (non-hydrogen) atoms. The van der Waals surface area contributed by atoms with Crippen molar-refractivity contribution in [3.05, 3.63) is 35.4 Å². The summed E-state index contributed by atoms with van der Waals surface area (Å²) < 4.78 is 23.8. The lowest BCUT2D eigenvalue weighted by Gasteiger charge is -2.39. The number of methoxy groups -OCH3 is 1. The molecule has 2 rings (SSSR count). The van der Waals surface area contributed by atoms with E-state index in [1.54, 1.807) is 12.1 Å². The molecule has 0 aliphatic carbocycles. The Morgan fingerprint density at radius 1 is 1.22 bits per heavy atom. The van der Waals surface area contributed by atoms with Crippen molar-refractivity contribution in [3.8, 4) is 0 Å². The summed E-state index contributed by atoms with van der Waals surface area (Å²) in [6.07, 6.45) is 1.58. The van der Waals surface area contributed by atoms with Crippen LogP contribution in [0.2, 0.25) is 0 Å². The van der Waals surface area contributed by atoms with Crippen LogP contribution < -0.4 is 0 Å². The van der Waals surface area contributed by atoms with Crippen LogP contribution in [0.1, 0.15) is 34.7 Å². The summed E-state index contributed by atoms with van der Waals surface area (Å²) in [5, 5.41) is 0. The smallest absolute Gasteiger partial charge is 0.337 e. The predicted octanol–water partition coefficient (Wildman–Crippen LogP) is 3.10. The van der Waals surface area contributed by atoms with Gasteiger partial charge in [0, 0.05) is 11.5 Å². The van der Waals surface area contributed by atoms with Crippen molar-refractivity contribution in [1.29, 1.82) is 0 Å². The molecule has 0 amide bonds. The Morgan fingerprint density at radius 2 is 1.78 bits per heavy atom. The minimum Gasteiger partial charge on any atom is -0.465 e. The molecule has 0 saturated carbocycles. The Bertz CT molecular complexity index is 417. The number of benzene rings is 1. The molecule has 0 spiro atoms. The van der Waals surface area contributed by atoms with E-state index in [1.807, 2.05) is 12.1 Å². The van der Waals surface area contributed by atoms with Gasteiger partial charge in [0.05, 0.1) is 12.7 Å². The molecule has 0 unspecified atom stereocenters. The van der Waals surface area contributed by atoms with E-state index in [1.165, 1.54) is 7.11 Å². The van der Waals surface area contributed by atoms with Crippen molar-refractivity contribution in [2.24, 2.45) is 0 Å². The first-order valence-corrected chi connectivity index (χ1v) is 7.82. The van der Waals surface area contributed by atoms with Gasteiger partial charge in [-0.25, -0.2) is 4.79 Å². The summed E-state index contributed by atoms with van der Waals surface area (Å²) in [5.74, 6) is 0.989. The van der Waals surface area contributed by atoms with Gasteiger partial charge < -0.3 is 4.74 Å². The summed E-state index contributed by atoms with van der Waals surface area (Å²) in [7, 11) is -0.960. The molecule has 1 saturated heterocycles. The zero-order valence-electron chi connectivity index (χ0n) is 10.3. The van der Waals surface area contributed by atoms with Crippen molar-refractivity contribution in [2.75, 3.05) is 18.6 Å². The minimum atomic E-state index is -2.32. The second-order valence-electron chi connectivity index (χ2n) is 4.60. The maximum Gasteiger partial charge on any atom is 0.337 e. The minimum absolute atomic E-state index is 0.334. The van der Waals surface area contributed by atoms with Crippen molar-refractivity contribution < 1.29 is 18.6 Å². The number of carbonyl (C=O) groups is 1. The van der Waals surface area contributed by atoms with Gasteiger partial charge in [-0.05, 0) is 36.5 Å². The number of hydrogen-bond acceptors (Lipinski definition) is 4. The molecule has 1 aromatic carbocycles. The van der Waals surface area contributed by atoms with E-state index in [2.05, 4.69) is 4.74 Å². The van der Waals surface area contributed by atoms with Crippen LogP contribution in [0.5, 0.6) is 0 Å². The molecule has 2 N–H and O–H groups in total. The molecular formula is C13H18O4S. The van der Waals surface area contributed by atoms with Gasteiger partial charge in [0.25, 0.3) is 0 Å². The average molecular weight is 270 g/mol. The maximum absolute atomic E-state index is 11.3. The highest BCUT2D eigenvalue weighted by Crippen LogP contribution is 2.48. The van der Waals surface area contributed by atoms with Gasteiger partial charge in [-0.2, -0.15) is 10.6 Å². The summed E-state index contributed by atoms with van der Waals surface area (Å²) >= 11 is 0. The van der Waals surface area contributed by atoms with E-state index in [9.17, 15) is 13.9 Å². The highest BCUT2D eigenvalue weighted by Gasteiger charge is 2.25. The number of rotatable bonds is 2. The molecular weight excluding hydrogens is 252 g/mol. The number of ether oxygens (including phenoxy) is 1. The van der Waals surface area contributed by atoms with Crippen LogP contribution >= 0.6 is 10.6 Å². The number of carbonyl (C=O) groups excluding carboxylic acids is 1. The van der Waals surface area contributed by atoms with Gasteiger partial charge in [-0.3, -0.25) is 9.11 Å². The molecule has 0 radical (unpaired) electrons. The van der Waals surface area contributed by atoms with E-state index in [4.69, 9.17) is 0 Å². The van der Waals surface area contributed by atoms with Crippen LogP contribution in [0.3, 0.4) is 0 Å². The van der Waals surface area contributed by atoms with Crippen LogP contribution in [0.15, 0.2) is 24.3 Å². The molecule has 0 atom stereocenters. The lowest BCUT2D eigenvalue weighted by atomic mass is 9.93. The lowest BCUT2D eigenvalue weighted by Crippen LogP contribution is -2.19. The van der Waals surface area contributed by atoms with E-state index in [-0.39, 0.29) is 5.97 Å². The highest BCUT2D eigenvalue weighted by atomic mass is 32.3. The Kier molecular flexibility index (Phi) is 3.94. The molecule has 1 aliphatic heterocycles. The van der Waals surface area contributed by atoms with Gasteiger partial charge in [0.15, 0.2) is 0 Å². The van der Waals surface area contributed by atoms with E-state index in [0.29, 0.717) is 23.0 Å². The first kappa shape index (κ1) is 13.4. The molecule has 5 heteroatoms. The van der Waals surface area contributed by atoms with Gasteiger partial charge in [-0.1, -0.05) is 12.1 Å². The normalized spacial score (nSPS) is 21.3. The van der Waals surface area contributed by atoms with Gasteiger partial charge in [0.2, 0.25) is 0 Å². The van der Waals surface area contributed by atoms with Crippen LogP contribution in [-0.2, 0) is 4.74 Å². The summed E-state index contributed by atoms with van der Waals surface area (Å²) in [6.45, 7) is 0. The van der Waals surface area contributed by atoms with E-state index >= 15 is 0 Å². The zero-order chi connectivity index (χ0) is 13.2. The fourth-order valence-electron chi connectivity index (χ4n) is 2.25. The summed E-state index contributed by atoms with van der Waals surface area (Å²) in [5.41, 5.74) is 1.69. The number of hydrogen-bond donors (Lipinski definition) is 2. The third-order valence-corrected chi connectivity index (χ3v) is 5.17. The van der Waals surface area contributed by atoms with Gasteiger partial charge in [-0.15, -0.1) is 0 Å². The van der Waals surface area contributed by atoms with Crippen LogP contribution in [-0.4, -0.2) is 33.7 Å². The predicted molar refractivity (Wildman–Crippen MR) is 72.3 cm³/mol. The topological polar surface area (TPSA) is 66.8 Å². The molecule has 1 aliphatic rings. The summed E-state index contributed by atoms with van der Waals surface area (Å²) in [4.78, 5) is 11.3. The van der Waals surface area contributed by atoms with Crippen LogP contribution in [0.4, 0.5) is 0 Å². The lowest BCUT2D eigenvalue weighted by molar-refractivity contribution is 0.0600. The average Bonchev–Trinajstić information content (AvgIpc) is 2.38. The first-order valence-electron chi connectivity index (χ1n) is 5.94. The van der Waals surface area contributed by atoms with E-state index < -0.39 is 10.6 Å². The van der Waals surface area contributed by atoms with E-state index in [0.717, 1.165) is 18.4 Å². The van der Waals surface area contributed by atoms with Crippen molar-refractivity contribution in [3.63, 3.8) is 0 Å². The second kappa shape index (κ2) is 5.30. The molecule has 0 aromatic heterocycles. The van der Waals surface area contributed by atoms with Crippen molar-refractivity contribution >= 4 is 16.6 Å². The van der Waals surface area contributed by atoms with Crippen LogP contribution in [0.25, 0.3) is 0 Å². The third-order valence-electron chi connectivity index (χ3n) is 3.39. The van der Waals surface area contributed by atoms with Crippen molar-refractivity contribution in [1.82, 2.24) is 0 Å². The zero-order valence-corrected chi connectivity index (χ0v) is 11.2. The maximum atomic E-state index is 11.3. The fraction of sp³-hybridized carbons (Fsp3) is 0.462. The van der Waals surface area contributed by atoms with Crippen molar-refractivity contribution in [2.45, 2.75) is 18.8 Å². The molecule has 1 aromatic rings. The Morgan fingerprint density at radius 3 is 2.28 bits per heavy atom. The number of esters is 1. The van der Waals surface area contributed by atoms with Gasteiger partial charge >= 0.3 is 5.97 Å². The highest BCUT2D eigenvalue weighted by molar-refractivity contribution is 8.24. The molecule has 4 nitrogen and oxygen atoms in total. The summed E-state index contributed by atoms with van der Waals surface area (Å²) in [6, 6.07) is 7.36. The Labute approximate surface area is 108 Å².